The molecule has 0 unspecified atom stereocenters. The van der Waals surface area contributed by atoms with Crippen LogP contribution in [0.2, 0.25) is 5.02 Å². The van der Waals surface area contributed by atoms with Crippen LogP contribution in [0.5, 0.6) is 5.75 Å². The van der Waals surface area contributed by atoms with Crippen LogP contribution in [-0.4, -0.2) is 41.5 Å². The first-order valence-electron chi connectivity index (χ1n) is 11.2. The van der Waals surface area contributed by atoms with Crippen LogP contribution in [-0.2, 0) is 9.59 Å². The quantitative estimate of drug-likeness (QED) is 0.460. The molecular weight excluding hydrogens is 438 g/mol. The highest BCUT2D eigenvalue weighted by molar-refractivity contribution is 6.31. The molecule has 1 heterocycles. The number of halogens is 1. The zero-order chi connectivity index (χ0) is 23.4. The SMILES string of the molecule is C[C@@H](NC(=O)CN1CCC(C(=O)Nc2cc(Cl)ccc2O)CC1)c1cccc2ccccc12. The van der Waals surface area contributed by atoms with Gasteiger partial charge in [0.2, 0.25) is 11.8 Å². The first-order chi connectivity index (χ1) is 15.9. The molecule has 0 spiro atoms. The standard InChI is InChI=1S/C26H28ClN3O3/c1-17(21-8-4-6-18-5-2-3-7-22(18)21)28-25(32)16-30-13-11-19(12-14-30)26(33)29-23-15-20(27)9-10-24(23)31/h2-10,15,17,19,31H,11-14,16H2,1H3,(H,28,32)(H,29,33)/t17-/m1/s1. The summed E-state index contributed by atoms with van der Waals surface area (Å²) in [5.74, 6) is -0.345. The monoisotopic (exact) mass is 465 g/mol. The molecular formula is C26H28ClN3O3. The number of anilines is 1. The highest BCUT2D eigenvalue weighted by atomic mass is 35.5. The number of carbonyl (C=O) groups is 2. The molecule has 0 bridgehead atoms. The van der Waals surface area contributed by atoms with Crippen molar-refractivity contribution in [1.29, 1.82) is 0 Å². The molecule has 33 heavy (non-hydrogen) atoms. The second-order valence-corrected chi connectivity index (χ2v) is 9.00. The fraction of sp³-hybridized carbons (Fsp3) is 0.308. The minimum absolute atomic E-state index is 0.0119. The van der Waals surface area contributed by atoms with Crippen LogP contribution in [0.25, 0.3) is 10.8 Å². The number of nitrogens with zero attached hydrogens (tertiary/aromatic N) is 1. The third kappa shape index (κ3) is 5.64. The number of likely N-dealkylation sites (tertiary alicyclic amines) is 1. The van der Waals surface area contributed by atoms with Gasteiger partial charge in [-0.3, -0.25) is 14.5 Å². The Morgan fingerprint density at radius 1 is 1.09 bits per heavy atom. The first kappa shape index (κ1) is 23.1. The van der Waals surface area contributed by atoms with Gasteiger partial charge in [0.15, 0.2) is 0 Å². The molecule has 0 aliphatic carbocycles. The van der Waals surface area contributed by atoms with Gasteiger partial charge < -0.3 is 15.7 Å². The van der Waals surface area contributed by atoms with Crippen molar-refractivity contribution in [2.45, 2.75) is 25.8 Å². The van der Waals surface area contributed by atoms with E-state index in [2.05, 4.69) is 39.8 Å². The van der Waals surface area contributed by atoms with E-state index in [4.69, 9.17) is 11.6 Å². The van der Waals surface area contributed by atoms with E-state index < -0.39 is 0 Å². The van der Waals surface area contributed by atoms with Crippen LogP contribution in [0, 0.1) is 5.92 Å². The van der Waals surface area contributed by atoms with Crippen LogP contribution in [0.4, 0.5) is 5.69 Å². The van der Waals surface area contributed by atoms with E-state index in [1.807, 2.05) is 25.1 Å². The van der Waals surface area contributed by atoms with Gasteiger partial charge in [0, 0.05) is 10.9 Å². The number of phenols is 1. The molecule has 1 aliphatic rings. The summed E-state index contributed by atoms with van der Waals surface area (Å²) in [6.07, 6.45) is 1.30. The van der Waals surface area contributed by atoms with E-state index in [-0.39, 0.29) is 29.5 Å². The van der Waals surface area contributed by atoms with Crippen molar-refractivity contribution in [2.24, 2.45) is 5.92 Å². The maximum Gasteiger partial charge on any atom is 0.234 e. The molecule has 3 N–H and O–H groups in total. The molecule has 3 aromatic rings. The predicted molar refractivity (Wildman–Crippen MR) is 131 cm³/mol. The number of aromatic hydroxyl groups is 1. The Bertz CT molecular complexity index is 1150. The van der Waals surface area contributed by atoms with Crippen molar-refractivity contribution in [3.8, 4) is 5.75 Å². The molecule has 1 saturated heterocycles. The molecule has 3 aromatic carbocycles. The smallest absolute Gasteiger partial charge is 0.234 e. The summed E-state index contributed by atoms with van der Waals surface area (Å²) in [4.78, 5) is 27.4. The maximum atomic E-state index is 12.7. The van der Waals surface area contributed by atoms with Crippen molar-refractivity contribution in [1.82, 2.24) is 10.2 Å². The van der Waals surface area contributed by atoms with Gasteiger partial charge >= 0.3 is 0 Å². The number of fused-ring (bicyclic) bond motifs is 1. The Hall–Kier alpha value is -3.09. The fourth-order valence-electron chi connectivity index (χ4n) is 4.39. The third-order valence-electron chi connectivity index (χ3n) is 6.21. The highest BCUT2D eigenvalue weighted by Gasteiger charge is 2.27. The lowest BCUT2D eigenvalue weighted by molar-refractivity contribution is -0.124. The maximum absolute atomic E-state index is 12.7. The van der Waals surface area contributed by atoms with Crippen molar-refractivity contribution >= 4 is 39.9 Å². The van der Waals surface area contributed by atoms with E-state index in [1.54, 1.807) is 6.07 Å². The largest absolute Gasteiger partial charge is 0.506 e. The number of benzene rings is 3. The van der Waals surface area contributed by atoms with Gasteiger partial charge in [0.1, 0.15) is 5.75 Å². The Balaban J connectivity index is 1.27. The number of rotatable bonds is 6. The number of piperidine rings is 1. The molecule has 1 fully saturated rings. The van der Waals surface area contributed by atoms with Crippen LogP contribution in [0.15, 0.2) is 60.7 Å². The van der Waals surface area contributed by atoms with Crippen LogP contribution >= 0.6 is 11.6 Å². The minimum Gasteiger partial charge on any atom is -0.506 e. The molecule has 0 radical (unpaired) electrons. The molecule has 172 valence electrons. The van der Waals surface area contributed by atoms with Crippen molar-refractivity contribution in [2.75, 3.05) is 25.0 Å². The number of hydrogen-bond acceptors (Lipinski definition) is 4. The van der Waals surface area contributed by atoms with Crippen LogP contribution in [0.3, 0.4) is 0 Å². The van der Waals surface area contributed by atoms with Crippen molar-refractivity contribution in [3.05, 3.63) is 71.2 Å². The summed E-state index contributed by atoms with van der Waals surface area (Å²) in [5, 5.41) is 18.5. The number of amides is 2. The van der Waals surface area contributed by atoms with Gasteiger partial charge in [-0.2, -0.15) is 0 Å². The normalized spacial score (nSPS) is 15.8. The van der Waals surface area contributed by atoms with E-state index in [9.17, 15) is 14.7 Å². The lowest BCUT2D eigenvalue weighted by Crippen LogP contribution is -2.43. The first-order valence-corrected chi connectivity index (χ1v) is 11.6. The van der Waals surface area contributed by atoms with E-state index in [0.717, 1.165) is 16.3 Å². The second-order valence-electron chi connectivity index (χ2n) is 8.56. The topological polar surface area (TPSA) is 81.7 Å². The van der Waals surface area contributed by atoms with Gasteiger partial charge in [-0.05, 0) is 67.4 Å². The summed E-state index contributed by atoms with van der Waals surface area (Å²) in [6.45, 7) is 3.63. The zero-order valence-corrected chi connectivity index (χ0v) is 19.3. The average molecular weight is 466 g/mol. The Morgan fingerprint density at radius 3 is 2.61 bits per heavy atom. The fourth-order valence-corrected chi connectivity index (χ4v) is 4.56. The van der Waals surface area contributed by atoms with E-state index >= 15 is 0 Å². The Labute approximate surface area is 198 Å². The van der Waals surface area contributed by atoms with Gasteiger partial charge in [-0.15, -0.1) is 0 Å². The van der Waals surface area contributed by atoms with Crippen molar-refractivity contribution in [3.63, 3.8) is 0 Å². The molecule has 0 saturated carbocycles. The predicted octanol–water partition coefficient (Wildman–Crippen LogP) is 4.73. The number of carbonyl (C=O) groups excluding carboxylic acids is 2. The third-order valence-corrected chi connectivity index (χ3v) is 6.44. The summed E-state index contributed by atoms with van der Waals surface area (Å²) >= 11 is 5.95. The summed E-state index contributed by atoms with van der Waals surface area (Å²) in [7, 11) is 0. The van der Waals surface area contributed by atoms with E-state index in [1.165, 1.54) is 12.1 Å². The summed E-state index contributed by atoms with van der Waals surface area (Å²) in [5.41, 5.74) is 1.41. The van der Waals surface area contributed by atoms with Crippen LogP contribution < -0.4 is 10.6 Å². The van der Waals surface area contributed by atoms with Crippen molar-refractivity contribution < 1.29 is 14.7 Å². The van der Waals surface area contributed by atoms with Gasteiger partial charge in [0.25, 0.3) is 0 Å². The Kier molecular flexibility index (Phi) is 7.16. The summed E-state index contributed by atoms with van der Waals surface area (Å²) < 4.78 is 0. The van der Waals surface area contributed by atoms with Crippen LogP contribution in [0.1, 0.15) is 31.4 Å². The van der Waals surface area contributed by atoms with E-state index in [0.29, 0.717) is 43.2 Å². The molecule has 1 atom stereocenters. The molecule has 2 amide bonds. The number of phenolic OH excluding ortho intramolecular Hbond substituents is 1. The second kappa shape index (κ2) is 10.2. The van der Waals surface area contributed by atoms with Gasteiger partial charge in [-0.1, -0.05) is 54.1 Å². The number of nitrogens with one attached hydrogen (secondary N) is 2. The molecule has 4 rings (SSSR count). The highest BCUT2D eigenvalue weighted by Crippen LogP contribution is 2.28. The lowest BCUT2D eigenvalue weighted by atomic mass is 9.95. The average Bonchev–Trinajstić information content (AvgIpc) is 2.81. The lowest BCUT2D eigenvalue weighted by Gasteiger charge is -2.31. The minimum atomic E-state index is -0.169. The van der Waals surface area contributed by atoms with Gasteiger partial charge in [-0.25, -0.2) is 0 Å². The van der Waals surface area contributed by atoms with Gasteiger partial charge in [0.05, 0.1) is 18.3 Å². The molecule has 6 nitrogen and oxygen atoms in total. The number of hydrogen-bond donors (Lipinski definition) is 3. The molecule has 1 aliphatic heterocycles. The molecule has 0 aromatic heterocycles. The molecule has 7 heteroatoms. The zero-order valence-electron chi connectivity index (χ0n) is 18.6. The Morgan fingerprint density at radius 2 is 1.82 bits per heavy atom. The summed E-state index contributed by atoms with van der Waals surface area (Å²) in [6, 6.07) is 18.8.